The van der Waals surface area contributed by atoms with Crippen LogP contribution in [0.15, 0.2) is 48.1 Å². The molecule has 0 amide bonds. The first kappa shape index (κ1) is 23.1. The van der Waals surface area contributed by atoms with Crippen LogP contribution in [0.4, 0.5) is 0 Å². The Labute approximate surface area is 219 Å². The molecule has 8 rings (SSSR count). The van der Waals surface area contributed by atoms with Crippen molar-refractivity contribution in [3.63, 3.8) is 0 Å². The number of rotatable bonds is 2. The van der Waals surface area contributed by atoms with Crippen LogP contribution < -0.4 is 0 Å². The molecule has 2 aromatic carbocycles. The van der Waals surface area contributed by atoms with E-state index in [9.17, 15) is 0 Å². The van der Waals surface area contributed by atoms with Crippen LogP contribution >= 0.6 is 0 Å². The maximum Gasteiger partial charge on any atom is -0.000719 e. The molecule has 0 atom stereocenters. The standard InChI is InChI=1S/C36H44/c1-34(2,3)26-10-11-27-25(17-26)18-30-28(27)12-13-32(35(4,5)6)33(30)29-8-7-9-31(29)36-19-22-14-23(20-36)16-24(15-22)21-36/h7,9-13,17,22-24H,8,14-16,18-21H2,1-6H3. The van der Waals surface area contributed by atoms with E-state index in [-0.39, 0.29) is 10.8 Å². The predicted molar refractivity (Wildman–Crippen MR) is 153 cm³/mol. The fraction of sp³-hybridized carbons (Fsp3) is 0.556. The van der Waals surface area contributed by atoms with E-state index in [1.165, 1.54) is 60.8 Å². The second-order valence-electron chi connectivity index (χ2n) is 15.3. The molecule has 4 fully saturated rings. The second kappa shape index (κ2) is 7.49. The number of hydrogen-bond donors (Lipinski definition) is 0. The third-order valence-corrected chi connectivity index (χ3v) is 10.6. The third-order valence-electron chi connectivity index (χ3n) is 10.6. The van der Waals surface area contributed by atoms with E-state index in [1.807, 2.05) is 0 Å². The summed E-state index contributed by atoms with van der Waals surface area (Å²) in [5.41, 5.74) is 15.0. The Balaban J connectivity index is 1.41. The lowest BCUT2D eigenvalue weighted by Gasteiger charge is -2.57. The Morgan fingerprint density at radius 2 is 1.39 bits per heavy atom. The smallest absolute Gasteiger partial charge is 0.000719 e. The highest BCUT2D eigenvalue weighted by atomic mass is 14.6. The van der Waals surface area contributed by atoms with Gasteiger partial charge in [0.05, 0.1) is 0 Å². The molecule has 0 N–H and O–H groups in total. The van der Waals surface area contributed by atoms with Gasteiger partial charge in [0, 0.05) is 0 Å². The minimum atomic E-state index is 0.137. The molecular weight excluding hydrogens is 432 g/mol. The number of allylic oxidation sites excluding steroid dienone is 4. The summed E-state index contributed by atoms with van der Waals surface area (Å²) < 4.78 is 0. The molecule has 0 aliphatic heterocycles. The number of fused-ring (bicyclic) bond motifs is 3. The van der Waals surface area contributed by atoms with Crippen LogP contribution in [0.3, 0.4) is 0 Å². The van der Waals surface area contributed by atoms with Crippen LogP contribution in [0.25, 0.3) is 16.7 Å². The van der Waals surface area contributed by atoms with Crippen molar-refractivity contribution in [2.75, 3.05) is 0 Å². The highest BCUT2D eigenvalue weighted by Gasteiger charge is 2.53. The average Bonchev–Trinajstić information content (AvgIpc) is 3.41. The van der Waals surface area contributed by atoms with Gasteiger partial charge in [0.2, 0.25) is 0 Å². The fourth-order valence-electron chi connectivity index (χ4n) is 9.39. The molecule has 188 valence electrons. The largest absolute Gasteiger partial charge is 0.0798 e. The Morgan fingerprint density at radius 1 is 0.750 bits per heavy atom. The van der Waals surface area contributed by atoms with E-state index in [1.54, 1.807) is 27.8 Å². The van der Waals surface area contributed by atoms with Gasteiger partial charge in [-0.2, -0.15) is 0 Å². The van der Waals surface area contributed by atoms with Crippen LogP contribution in [-0.2, 0) is 17.3 Å². The van der Waals surface area contributed by atoms with Crippen molar-refractivity contribution < 1.29 is 0 Å². The molecule has 0 heterocycles. The molecule has 0 nitrogen and oxygen atoms in total. The summed E-state index contributed by atoms with van der Waals surface area (Å²) >= 11 is 0. The number of hydrogen-bond acceptors (Lipinski definition) is 0. The van der Waals surface area contributed by atoms with Crippen molar-refractivity contribution >= 4 is 5.57 Å². The molecule has 36 heavy (non-hydrogen) atoms. The molecule has 0 spiro atoms. The molecular formula is C36H44. The zero-order valence-electron chi connectivity index (χ0n) is 23.4. The van der Waals surface area contributed by atoms with Gasteiger partial charge in [-0.1, -0.05) is 84.0 Å². The molecule has 0 saturated heterocycles. The molecule has 6 aliphatic carbocycles. The van der Waals surface area contributed by atoms with Crippen molar-refractivity contribution in [2.45, 2.75) is 104 Å². The highest BCUT2D eigenvalue weighted by Crippen LogP contribution is 2.65. The SMILES string of the molecule is CC(C)(C)c1ccc2c(c1)Cc1c-2ccc(C(C)(C)C)c1C1=C(C23CC4CC(CC(C4)C2)C3)C=CC1. The maximum atomic E-state index is 2.59. The fourth-order valence-corrected chi connectivity index (χ4v) is 9.39. The Kier molecular flexibility index (Phi) is 4.80. The molecule has 4 saturated carbocycles. The van der Waals surface area contributed by atoms with Gasteiger partial charge in [-0.3, -0.25) is 0 Å². The van der Waals surface area contributed by atoms with E-state index in [2.05, 4.69) is 84.0 Å². The normalized spacial score (nSPS) is 30.3. The van der Waals surface area contributed by atoms with Gasteiger partial charge >= 0.3 is 0 Å². The summed E-state index contributed by atoms with van der Waals surface area (Å²) in [6.45, 7) is 14.3. The van der Waals surface area contributed by atoms with Gasteiger partial charge in [-0.05, 0) is 135 Å². The van der Waals surface area contributed by atoms with Crippen LogP contribution in [0.5, 0.6) is 0 Å². The van der Waals surface area contributed by atoms with E-state index in [4.69, 9.17) is 0 Å². The zero-order chi connectivity index (χ0) is 25.0. The monoisotopic (exact) mass is 476 g/mol. The maximum absolute atomic E-state index is 2.59. The first-order valence-electron chi connectivity index (χ1n) is 14.7. The third kappa shape index (κ3) is 3.39. The first-order valence-corrected chi connectivity index (χ1v) is 14.7. The summed E-state index contributed by atoms with van der Waals surface area (Å²) in [5.74, 6) is 2.97. The summed E-state index contributed by atoms with van der Waals surface area (Å²) in [4.78, 5) is 0. The first-order chi connectivity index (χ1) is 17.0. The lowest BCUT2D eigenvalue weighted by Crippen LogP contribution is -2.46. The van der Waals surface area contributed by atoms with Gasteiger partial charge in [0.25, 0.3) is 0 Å². The molecule has 0 unspecified atom stereocenters. The molecule has 0 radical (unpaired) electrons. The molecule has 0 heteroatoms. The van der Waals surface area contributed by atoms with Gasteiger partial charge in [0.1, 0.15) is 0 Å². The van der Waals surface area contributed by atoms with Crippen LogP contribution in [0.2, 0.25) is 0 Å². The van der Waals surface area contributed by atoms with Crippen LogP contribution in [0.1, 0.15) is 114 Å². The molecule has 4 bridgehead atoms. The van der Waals surface area contributed by atoms with Crippen LogP contribution in [0, 0.1) is 23.2 Å². The van der Waals surface area contributed by atoms with Gasteiger partial charge in [0.15, 0.2) is 0 Å². The van der Waals surface area contributed by atoms with Crippen molar-refractivity contribution in [3.05, 3.63) is 75.9 Å². The van der Waals surface area contributed by atoms with Crippen molar-refractivity contribution in [2.24, 2.45) is 23.2 Å². The summed E-state index contributed by atoms with van der Waals surface area (Å²) in [5, 5.41) is 0. The van der Waals surface area contributed by atoms with E-state index in [0.717, 1.165) is 30.6 Å². The number of benzene rings is 2. The molecule has 6 aliphatic rings. The van der Waals surface area contributed by atoms with Crippen LogP contribution in [-0.4, -0.2) is 0 Å². The minimum Gasteiger partial charge on any atom is -0.0798 e. The van der Waals surface area contributed by atoms with Crippen molar-refractivity contribution in [3.8, 4) is 11.1 Å². The second-order valence-corrected chi connectivity index (χ2v) is 15.3. The topological polar surface area (TPSA) is 0 Å². The van der Waals surface area contributed by atoms with Crippen molar-refractivity contribution in [1.82, 2.24) is 0 Å². The lowest BCUT2D eigenvalue weighted by molar-refractivity contribution is -0.0281. The Morgan fingerprint density at radius 3 is 2.00 bits per heavy atom. The summed E-state index contributed by atoms with van der Waals surface area (Å²) in [6.07, 6.45) is 16.2. The predicted octanol–water partition coefficient (Wildman–Crippen LogP) is 9.78. The Bertz CT molecular complexity index is 1280. The Hall–Kier alpha value is -2.08. The highest BCUT2D eigenvalue weighted by molar-refractivity contribution is 5.88. The van der Waals surface area contributed by atoms with E-state index in [0.29, 0.717) is 5.41 Å². The average molecular weight is 477 g/mol. The lowest BCUT2D eigenvalue weighted by atomic mass is 9.47. The molecule has 0 aromatic heterocycles. The van der Waals surface area contributed by atoms with Crippen molar-refractivity contribution in [1.29, 1.82) is 0 Å². The van der Waals surface area contributed by atoms with Gasteiger partial charge in [-0.15, -0.1) is 0 Å². The van der Waals surface area contributed by atoms with E-state index < -0.39 is 0 Å². The molecule has 2 aromatic rings. The quantitative estimate of drug-likeness (QED) is 0.345. The summed E-state index contributed by atoms with van der Waals surface area (Å²) in [6, 6.07) is 12.3. The van der Waals surface area contributed by atoms with E-state index >= 15 is 0 Å². The zero-order valence-corrected chi connectivity index (χ0v) is 23.4. The summed E-state index contributed by atoms with van der Waals surface area (Å²) in [7, 11) is 0. The van der Waals surface area contributed by atoms with Gasteiger partial charge in [-0.25, -0.2) is 0 Å². The van der Waals surface area contributed by atoms with Gasteiger partial charge < -0.3 is 0 Å². The minimum absolute atomic E-state index is 0.137.